The second-order valence-electron chi connectivity index (χ2n) is 8.12. The predicted molar refractivity (Wildman–Crippen MR) is 113 cm³/mol. The van der Waals surface area contributed by atoms with Crippen molar-refractivity contribution < 1.29 is 9.90 Å². The highest BCUT2D eigenvalue weighted by molar-refractivity contribution is 5.92. The molecule has 0 bridgehead atoms. The number of carbonyl (C=O) groups excluding carboxylic acids is 1. The van der Waals surface area contributed by atoms with Gasteiger partial charge in [-0.1, -0.05) is 18.2 Å². The molecule has 6 heteroatoms. The summed E-state index contributed by atoms with van der Waals surface area (Å²) in [5.41, 5.74) is 2.61. The zero-order chi connectivity index (χ0) is 20.0. The summed E-state index contributed by atoms with van der Waals surface area (Å²) >= 11 is 0. The lowest BCUT2D eigenvalue weighted by Crippen LogP contribution is -2.38. The first-order valence-corrected chi connectivity index (χ1v) is 10.2. The number of aromatic hydroxyl groups is 1. The topological polar surface area (TPSA) is 78.4 Å². The standard InChI is InChI=1S/C23H24N4O2/c1-14-6-9-17-19(12-14)25-21(18-4-2-3-5-20(18)28)26-22(17)27-11-10-16(13-27)24-23(29)15-7-8-15/h2-6,9,12,15-16,28H,7-8,10-11,13H2,1H3,(H,24,29). The van der Waals surface area contributed by atoms with Crippen LogP contribution in [0.5, 0.6) is 5.75 Å². The van der Waals surface area contributed by atoms with E-state index in [0.29, 0.717) is 11.4 Å². The maximum Gasteiger partial charge on any atom is 0.223 e. The highest BCUT2D eigenvalue weighted by atomic mass is 16.3. The van der Waals surface area contributed by atoms with Gasteiger partial charge in [0, 0.05) is 30.4 Å². The van der Waals surface area contributed by atoms with E-state index in [-0.39, 0.29) is 23.6 Å². The number of anilines is 1. The Bertz CT molecular complexity index is 1090. The number of amides is 1. The molecule has 2 aliphatic rings. The fourth-order valence-corrected chi connectivity index (χ4v) is 3.98. The predicted octanol–water partition coefficient (Wildman–Crippen LogP) is 3.42. The summed E-state index contributed by atoms with van der Waals surface area (Å²) in [6, 6.07) is 13.5. The molecule has 148 valence electrons. The van der Waals surface area contributed by atoms with Crippen LogP contribution in [0.4, 0.5) is 5.82 Å². The van der Waals surface area contributed by atoms with Crippen LogP contribution in [0.15, 0.2) is 42.5 Å². The summed E-state index contributed by atoms with van der Waals surface area (Å²) in [5, 5.41) is 14.5. The number of phenols is 1. The van der Waals surface area contributed by atoms with Crippen molar-refractivity contribution in [1.29, 1.82) is 0 Å². The SMILES string of the molecule is Cc1ccc2c(N3CCC(NC(=O)C4CC4)C3)nc(-c3ccccc3O)nc2c1. The molecule has 5 rings (SSSR count). The summed E-state index contributed by atoms with van der Waals surface area (Å²) in [6.45, 7) is 3.61. The Hall–Kier alpha value is -3.15. The van der Waals surface area contributed by atoms with Gasteiger partial charge in [0.2, 0.25) is 5.91 Å². The van der Waals surface area contributed by atoms with E-state index in [4.69, 9.17) is 9.97 Å². The molecule has 29 heavy (non-hydrogen) atoms. The third-order valence-corrected chi connectivity index (χ3v) is 5.76. The molecule has 2 aromatic carbocycles. The van der Waals surface area contributed by atoms with Crippen LogP contribution in [-0.4, -0.2) is 40.1 Å². The Morgan fingerprint density at radius 1 is 1.14 bits per heavy atom. The monoisotopic (exact) mass is 388 g/mol. The molecule has 1 aliphatic carbocycles. The van der Waals surface area contributed by atoms with Gasteiger partial charge in [-0.15, -0.1) is 0 Å². The third kappa shape index (κ3) is 3.50. The lowest BCUT2D eigenvalue weighted by molar-refractivity contribution is -0.122. The number of hydrogen-bond donors (Lipinski definition) is 2. The van der Waals surface area contributed by atoms with Crippen LogP contribution in [0.1, 0.15) is 24.8 Å². The number of nitrogens with zero attached hydrogens (tertiary/aromatic N) is 3. The van der Waals surface area contributed by atoms with Crippen LogP contribution in [0.3, 0.4) is 0 Å². The van der Waals surface area contributed by atoms with Gasteiger partial charge < -0.3 is 15.3 Å². The molecule has 1 saturated heterocycles. The van der Waals surface area contributed by atoms with Gasteiger partial charge in [0.15, 0.2) is 5.82 Å². The summed E-state index contributed by atoms with van der Waals surface area (Å²) in [4.78, 5) is 23.9. The van der Waals surface area contributed by atoms with Crippen molar-refractivity contribution in [2.24, 2.45) is 5.92 Å². The number of benzene rings is 2. The number of hydrogen-bond acceptors (Lipinski definition) is 5. The zero-order valence-corrected chi connectivity index (χ0v) is 16.4. The van der Waals surface area contributed by atoms with E-state index < -0.39 is 0 Å². The molecular formula is C23H24N4O2. The summed E-state index contributed by atoms with van der Waals surface area (Å²) in [6.07, 6.45) is 2.94. The van der Waals surface area contributed by atoms with E-state index in [0.717, 1.165) is 54.6 Å². The highest BCUT2D eigenvalue weighted by Crippen LogP contribution is 2.33. The molecule has 1 amide bonds. The maximum absolute atomic E-state index is 12.1. The molecular weight excluding hydrogens is 364 g/mol. The van der Waals surface area contributed by atoms with Gasteiger partial charge in [0.05, 0.1) is 11.1 Å². The Morgan fingerprint density at radius 2 is 1.97 bits per heavy atom. The number of phenolic OH excluding ortho intramolecular Hbond substituents is 1. The fourth-order valence-electron chi connectivity index (χ4n) is 3.98. The van der Waals surface area contributed by atoms with Gasteiger partial charge in [0.25, 0.3) is 0 Å². The maximum atomic E-state index is 12.1. The van der Waals surface area contributed by atoms with Crippen LogP contribution < -0.4 is 10.2 Å². The Labute approximate surface area is 169 Å². The van der Waals surface area contributed by atoms with Crippen molar-refractivity contribution in [3.8, 4) is 17.1 Å². The number of carbonyl (C=O) groups is 1. The molecule has 0 spiro atoms. The van der Waals surface area contributed by atoms with Crippen LogP contribution >= 0.6 is 0 Å². The largest absolute Gasteiger partial charge is 0.507 e. The van der Waals surface area contributed by atoms with Crippen molar-refractivity contribution in [2.75, 3.05) is 18.0 Å². The smallest absolute Gasteiger partial charge is 0.223 e. The van der Waals surface area contributed by atoms with Gasteiger partial charge in [-0.25, -0.2) is 9.97 Å². The minimum absolute atomic E-state index is 0.146. The summed E-state index contributed by atoms with van der Waals surface area (Å²) in [5.74, 6) is 1.95. The van der Waals surface area contributed by atoms with E-state index in [2.05, 4.69) is 22.3 Å². The van der Waals surface area contributed by atoms with Crippen molar-refractivity contribution in [2.45, 2.75) is 32.2 Å². The first-order valence-electron chi connectivity index (χ1n) is 10.2. The molecule has 3 aromatic rings. The minimum atomic E-state index is 0.146. The number of aryl methyl sites for hydroxylation is 1. The van der Waals surface area contributed by atoms with Crippen molar-refractivity contribution in [1.82, 2.24) is 15.3 Å². The number of nitrogens with one attached hydrogen (secondary N) is 1. The molecule has 6 nitrogen and oxygen atoms in total. The van der Waals surface area contributed by atoms with Gasteiger partial charge in [0.1, 0.15) is 11.6 Å². The number of fused-ring (bicyclic) bond motifs is 1. The van der Waals surface area contributed by atoms with E-state index in [1.165, 1.54) is 0 Å². The van der Waals surface area contributed by atoms with Crippen LogP contribution in [0, 0.1) is 12.8 Å². The molecule has 2 N–H and O–H groups in total. The fraction of sp³-hybridized carbons (Fsp3) is 0.348. The average molecular weight is 388 g/mol. The van der Waals surface area contributed by atoms with Gasteiger partial charge in [-0.2, -0.15) is 0 Å². The number of rotatable bonds is 4. The Morgan fingerprint density at radius 3 is 2.76 bits per heavy atom. The molecule has 1 aromatic heterocycles. The molecule has 2 heterocycles. The lowest BCUT2D eigenvalue weighted by Gasteiger charge is -2.21. The molecule has 1 saturated carbocycles. The van der Waals surface area contributed by atoms with Crippen molar-refractivity contribution >= 4 is 22.6 Å². The minimum Gasteiger partial charge on any atom is -0.507 e. The Kier molecular flexibility index (Phi) is 4.34. The van der Waals surface area contributed by atoms with E-state index in [1.54, 1.807) is 12.1 Å². The average Bonchev–Trinajstić information content (AvgIpc) is 3.47. The second-order valence-corrected chi connectivity index (χ2v) is 8.12. The molecule has 1 atom stereocenters. The van der Waals surface area contributed by atoms with Crippen LogP contribution in [0.25, 0.3) is 22.3 Å². The first-order chi connectivity index (χ1) is 14.1. The summed E-state index contributed by atoms with van der Waals surface area (Å²) in [7, 11) is 0. The molecule has 1 unspecified atom stereocenters. The van der Waals surface area contributed by atoms with Crippen LogP contribution in [0.2, 0.25) is 0 Å². The lowest BCUT2D eigenvalue weighted by atomic mass is 10.1. The van der Waals surface area contributed by atoms with Gasteiger partial charge >= 0.3 is 0 Å². The van der Waals surface area contributed by atoms with Crippen molar-refractivity contribution in [3.63, 3.8) is 0 Å². The first kappa shape index (κ1) is 17.9. The van der Waals surface area contributed by atoms with E-state index in [1.807, 2.05) is 25.1 Å². The van der Waals surface area contributed by atoms with E-state index in [9.17, 15) is 9.90 Å². The quantitative estimate of drug-likeness (QED) is 0.716. The zero-order valence-electron chi connectivity index (χ0n) is 16.4. The van der Waals surface area contributed by atoms with E-state index >= 15 is 0 Å². The second kappa shape index (κ2) is 7.03. The number of para-hydroxylation sites is 1. The molecule has 0 radical (unpaired) electrons. The third-order valence-electron chi connectivity index (χ3n) is 5.76. The molecule has 2 fully saturated rings. The highest BCUT2D eigenvalue weighted by Gasteiger charge is 2.33. The summed E-state index contributed by atoms with van der Waals surface area (Å²) < 4.78 is 0. The normalized spacial score (nSPS) is 18.9. The van der Waals surface area contributed by atoms with Crippen molar-refractivity contribution in [3.05, 3.63) is 48.0 Å². The Balaban J connectivity index is 1.52. The van der Waals surface area contributed by atoms with Gasteiger partial charge in [-0.05, 0) is 56.0 Å². The van der Waals surface area contributed by atoms with Gasteiger partial charge in [-0.3, -0.25) is 4.79 Å². The molecule has 1 aliphatic heterocycles. The van der Waals surface area contributed by atoms with Crippen LogP contribution in [-0.2, 0) is 4.79 Å². The number of aromatic nitrogens is 2.